The van der Waals surface area contributed by atoms with Gasteiger partial charge in [-0.15, -0.1) is 21.5 Å². The largest absolute Gasteiger partial charge is 0.480 e. The molecule has 0 radical (unpaired) electrons. The predicted octanol–water partition coefficient (Wildman–Crippen LogP) is 3.38. The number of nitrogens with one attached hydrogen (secondary N) is 2. The monoisotopic (exact) mass is 614 g/mol. The van der Waals surface area contributed by atoms with E-state index in [2.05, 4.69) is 20.4 Å². The molecule has 0 aliphatic heterocycles. The average Bonchev–Trinajstić information content (AvgIpc) is 3.41. The SMILES string of the molecule is CNc1ccc(-c2sc3c(c2CO)c(=O)n(-c2ccc(OC)nn2)c(=O)n3CC2=C(F)CCC=C2F)cc1.CONC=O. The molecule has 226 valence electrons. The first-order valence-electron chi connectivity index (χ1n) is 12.8. The number of fused-ring (bicyclic) bond motifs is 1. The van der Waals surface area contributed by atoms with E-state index in [9.17, 15) is 23.5 Å². The maximum atomic E-state index is 14.7. The molecule has 15 heteroatoms. The van der Waals surface area contributed by atoms with Gasteiger partial charge in [-0.2, -0.15) is 0 Å². The Morgan fingerprint density at radius 3 is 2.40 bits per heavy atom. The molecule has 0 unspecified atom stereocenters. The highest BCUT2D eigenvalue weighted by Gasteiger charge is 2.26. The summed E-state index contributed by atoms with van der Waals surface area (Å²) in [5, 5.41) is 21.2. The molecule has 1 aliphatic rings. The van der Waals surface area contributed by atoms with Crippen LogP contribution in [-0.2, 0) is 22.8 Å². The minimum absolute atomic E-state index is 0.0135. The zero-order valence-electron chi connectivity index (χ0n) is 23.4. The van der Waals surface area contributed by atoms with Crippen LogP contribution in [0.3, 0.4) is 0 Å². The number of methoxy groups -OCH3 is 1. The van der Waals surface area contributed by atoms with Crippen LogP contribution in [0.15, 0.2) is 69.3 Å². The number of rotatable bonds is 9. The van der Waals surface area contributed by atoms with Crippen LogP contribution in [0.2, 0.25) is 0 Å². The Balaban J connectivity index is 0.000000782. The molecule has 0 saturated carbocycles. The van der Waals surface area contributed by atoms with Crippen molar-refractivity contribution in [1.82, 2.24) is 24.8 Å². The lowest BCUT2D eigenvalue weighted by Crippen LogP contribution is -2.39. The summed E-state index contributed by atoms with van der Waals surface area (Å²) in [5.41, 5.74) is 1.96. The molecule has 0 atom stereocenters. The van der Waals surface area contributed by atoms with Crippen molar-refractivity contribution in [3.63, 3.8) is 0 Å². The number of halogens is 2. The van der Waals surface area contributed by atoms with Gasteiger partial charge in [0, 0.05) is 41.2 Å². The number of carbonyl (C=O) groups is 1. The maximum Gasteiger partial charge on any atom is 0.338 e. The molecule has 43 heavy (non-hydrogen) atoms. The van der Waals surface area contributed by atoms with Gasteiger partial charge in [0.2, 0.25) is 12.3 Å². The van der Waals surface area contributed by atoms with Crippen LogP contribution in [0, 0.1) is 0 Å². The summed E-state index contributed by atoms with van der Waals surface area (Å²) in [7, 11) is 4.55. The van der Waals surface area contributed by atoms with Crippen LogP contribution >= 0.6 is 11.3 Å². The summed E-state index contributed by atoms with van der Waals surface area (Å²) in [4.78, 5) is 41.5. The number of hydroxylamine groups is 1. The van der Waals surface area contributed by atoms with Crippen LogP contribution in [0.25, 0.3) is 26.5 Å². The first kappa shape index (κ1) is 31.2. The van der Waals surface area contributed by atoms with Gasteiger partial charge in [0.15, 0.2) is 5.82 Å². The van der Waals surface area contributed by atoms with Gasteiger partial charge in [0.1, 0.15) is 16.5 Å². The number of amides is 1. The van der Waals surface area contributed by atoms with E-state index in [1.54, 1.807) is 7.05 Å². The summed E-state index contributed by atoms with van der Waals surface area (Å²) in [6.45, 7) is -0.951. The summed E-state index contributed by atoms with van der Waals surface area (Å²) >= 11 is 1.10. The van der Waals surface area contributed by atoms with Crippen LogP contribution < -0.4 is 26.8 Å². The Bertz CT molecular complexity index is 1800. The second kappa shape index (κ2) is 14.0. The average molecular weight is 615 g/mol. The van der Waals surface area contributed by atoms with Crippen LogP contribution in [0.1, 0.15) is 18.4 Å². The van der Waals surface area contributed by atoms with Crippen molar-refractivity contribution in [1.29, 1.82) is 0 Å². The van der Waals surface area contributed by atoms with E-state index >= 15 is 0 Å². The molecule has 0 saturated heterocycles. The van der Waals surface area contributed by atoms with E-state index in [1.807, 2.05) is 29.7 Å². The van der Waals surface area contributed by atoms with Gasteiger partial charge < -0.3 is 15.2 Å². The van der Waals surface area contributed by atoms with Crippen LogP contribution in [-0.4, -0.2) is 52.1 Å². The number of aromatic nitrogens is 4. The van der Waals surface area contributed by atoms with Crippen molar-refractivity contribution in [2.75, 3.05) is 26.6 Å². The van der Waals surface area contributed by atoms with Gasteiger partial charge >= 0.3 is 5.69 Å². The number of nitrogens with zero attached hydrogens (tertiary/aromatic N) is 4. The molecule has 3 aromatic heterocycles. The molecule has 0 bridgehead atoms. The highest BCUT2D eigenvalue weighted by molar-refractivity contribution is 7.22. The minimum Gasteiger partial charge on any atom is -0.480 e. The maximum absolute atomic E-state index is 14.7. The zero-order chi connectivity index (χ0) is 31.1. The topological polar surface area (TPSA) is 150 Å². The number of thiophene rings is 1. The third-order valence-electron chi connectivity index (χ3n) is 6.52. The Morgan fingerprint density at radius 1 is 1.12 bits per heavy atom. The normalized spacial score (nSPS) is 12.8. The predicted molar refractivity (Wildman–Crippen MR) is 157 cm³/mol. The fraction of sp³-hybridized carbons (Fsp3) is 0.250. The lowest BCUT2D eigenvalue weighted by molar-refractivity contribution is -0.118. The molecule has 0 fully saturated rings. The molecule has 1 aromatic carbocycles. The van der Waals surface area contributed by atoms with Crippen molar-refractivity contribution in [2.24, 2.45) is 0 Å². The minimum atomic E-state index is -0.844. The number of hydrogen-bond acceptors (Lipinski definition) is 10. The number of aliphatic hydroxyl groups excluding tert-OH is 1. The van der Waals surface area contributed by atoms with Gasteiger partial charge in [-0.25, -0.2) is 23.6 Å². The van der Waals surface area contributed by atoms with Crippen LogP contribution in [0.5, 0.6) is 5.88 Å². The highest BCUT2D eigenvalue weighted by Crippen LogP contribution is 2.38. The van der Waals surface area contributed by atoms with Crippen molar-refractivity contribution < 1.29 is 28.3 Å². The lowest BCUT2D eigenvalue weighted by atomic mass is 10.0. The summed E-state index contributed by atoms with van der Waals surface area (Å²) in [6, 6.07) is 10.1. The van der Waals surface area contributed by atoms with Crippen LogP contribution in [0.4, 0.5) is 14.5 Å². The first-order chi connectivity index (χ1) is 20.8. The molecule has 3 N–H and O–H groups in total. The second-order valence-electron chi connectivity index (χ2n) is 8.93. The number of carbonyl (C=O) groups excluding carboxylic acids is 1. The van der Waals surface area contributed by atoms with Crippen molar-refractivity contribution in [2.45, 2.75) is 26.0 Å². The fourth-order valence-electron chi connectivity index (χ4n) is 4.42. The van der Waals surface area contributed by atoms with E-state index in [4.69, 9.17) is 9.53 Å². The quantitative estimate of drug-likeness (QED) is 0.191. The molecule has 5 rings (SSSR count). The third kappa shape index (κ3) is 6.38. The highest BCUT2D eigenvalue weighted by atomic mass is 32.1. The van der Waals surface area contributed by atoms with Gasteiger partial charge in [-0.1, -0.05) is 12.1 Å². The fourth-order valence-corrected chi connectivity index (χ4v) is 5.72. The van der Waals surface area contributed by atoms with Gasteiger partial charge in [0.25, 0.3) is 5.56 Å². The van der Waals surface area contributed by atoms with Gasteiger partial charge in [-0.3, -0.25) is 19.0 Å². The molecule has 1 amide bonds. The number of anilines is 1. The van der Waals surface area contributed by atoms with E-state index < -0.39 is 36.1 Å². The molecule has 12 nitrogen and oxygen atoms in total. The third-order valence-corrected chi connectivity index (χ3v) is 7.82. The summed E-state index contributed by atoms with van der Waals surface area (Å²) < 4.78 is 36.4. The van der Waals surface area contributed by atoms with E-state index in [-0.39, 0.29) is 40.3 Å². The molecule has 1 aliphatic carbocycles. The van der Waals surface area contributed by atoms with Crippen molar-refractivity contribution in [3.05, 3.63) is 86.1 Å². The van der Waals surface area contributed by atoms with Gasteiger partial charge in [0.05, 0.1) is 32.8 Å². The Morgan fingerprint density at radius 2 is 1.86 bits per heavy atom. The lowest BCUT2D eigenvalue weighted by Gasteiger charge is -2.16. The molecular formula is C28H28F2N6O6S. The van der Waals surface area contributed by atoms with Crippen molar-refractivity contribution in [3.8, 4) is 22.1 Å². The number of ether oxygens (including phenoxy) is 1. The molecule has 4 aromatic rings. The Labute approximate surface area is 247 Å². The number of hydrogen-bond donors (Lipinski definition) is 3. The van der Waals surface area contributed by atoms with Gasteiger partial charge in [-0.05, 0) is 36.3 Å². The first-order valence-corrected chi connectivity index (χ1v) is 13.6. The second-order valence-corrected chi connectivity index (χ2v) is 9.93. The summed E-state index contributed by atoms with van der Waals surface area (Å²) in [6.07, 6.45) is 1.96. The number of benzene rings is 1. The van der Waals surface area contributed by atoms with E-state index in [1.165, 1.54) is 32.4 Å². The van der Waals surface area contributed by atoms with E-state index in [0.29, 0.717) is 22.4 Å². The smallest absolute Gasteiger partial charge is 0.338 e. The summed E-state index contributed by atoms with van der Waals surface area (Å²) in [5.74, 6) is -1.34. The molecule has 0 spiro atoms. The number of aliphatic hydroxyl groups is 1. The number of allylic oxidation sites excluding steroid dienone is 4. The Hall–Kier alpha value is -4.73. The van der Waals surface area contributed by atoms with E-state index in [0.717, 1.165) is 26.2 Å². The Kier molecular flexibility index (Phi) is 10.1. The molecule has 3 heterocycles. The molecular weight excluding hydrogens is 586 g/mol. The van der Waals surface area contributed by atoms with Crippen molar-refractivity contribution >= 4 is 33.7 Å². The zero-order valence-corrected chi connectivity index (χ0v) is 24.2. The standard InChI is InChI=1S/C26H23F2N5O4S.C2H5NO2/c1-29-15-8-6-14(7-9-15)23-17(13-34)22-24(35)33(20-10-11-21(37-2)31-30-20)26(36)32(25(22)38-23)12-16-18(27)4-3-5-19(16)28;1-5-3-2-4/h4,6-11,29,34H,3,5,12-13H2,1-2H3;2H,1H3,(H,3,4).